The second-order valence-electron chi connectivity index (χ2n) is 14.9. The summed E-state index contributed by atoms with van der Waals surface area (Å²) < 4.78 is 5.19. The lowest BCUT2D eigenvalue weighted by molar-refractivity contribution is 1.15. The smallest absolute Gasteiger partial charge is 0.252 e. The van der Waals surface area contributed by atoms with Crippen molar-refractivity contribution in [2.75, 3.05) is 0 Å². The van der Waals surface area contributed by atoms with Crippen LogP contribution in [0, 0.1) is 0 Å². The van der Waals surface area contributed by atoms with Crippen molar-refractivity contribution >= 4 is 88.3 Å². The molecular weight excluding hydrogens is 639 g/mol. The Kier molecular flexibility index (Phi) is 5.22. The number of benzene rings is 9. The van der Waals surface area contributed by atoms with Crippen LogP contribution in [0.1, 0.15) is 0 Å². The number of para-hydroxylation sites is 2. The average molecular weight is 669 g/mol. The van der Waals surface area contributed by atoms with E-state index in [4.69, 9.17) is 0 Å². The minimum absolute atomic E-state index is 0.111. The first-order valence-electron chi connectivity index (χ1n) is 18.5. The molecule has 0 bridgehead atoms. The topological polar surface area (TPSA) is 9.86 Å². The Hall–Kier alpha value is -6.84. The molecule has 2 nitrogen and oxygen atoms in total. The number of aromatic nitrogens is 2. The zero-order valence-electron chi connectivity index (χ0n) is 28.7. The van der Waals surface area contributed by atoms with Gasteiger partial charge in [0.15, 0.2) is 0 Å². The minimum Gasteiger partial charge on any atom is -0.310 e. The monoisotopic (exact) mass is 668 g/mol. The Labute approximate surface area is 305 Å². The quantitative estimate of drug-likeness (QED) is 0.162. The molecule has 11 aromatic rings. The van der Waals surface area contributed by atoms with E-state index in [1.54, 1.807) is 0 Å². The van der Waals surface area contributed by atoms with E-state index in [9.17, 15) is 0 Å². The molecule has 0 fully saturated rings. The average Bonchev–Trinajstić information content (AvgIpc) is 3.72. The molecule has 0 atom stereocenters. The van der Waals surface area contributed by atoms with Crippen molar-refractivity contribution in [1.82, 2.24) is 9.13 Å². The lowest BCUT2D eigenvalue weighted by Crippen LogP contribution is -2.59. The van der Waals surface area contributed by atoms with E-state index in [0.29, 0.717) is 0 Å². The Morgan fingerprint density at radius 3 is 1.26 bits per heavy atom. The molecule has 242 valence electrons. The molecular formula is C50H29BN2. The highest BCUT2D eigenvalue weighted by Crippen LogP contribution is 2.42. The van der Waals surface area contributed by atoms with Crippen molar-refractivity contribution in [2.24, 2.45) is 0 Å². The number of rotatable bonds is 2. The van der Waals surface area contributed by atoms with E-state index in [2.05, 4.69) is 185 Å². The molecule has 0 spiro atoms. The molecule has 0 N–H and O–H groups in total. The second-order valence-corrected chi connectivity index (χ2v) is 14.9. The van der Waals surface area contributed by atoms with Gasteiger partial charge in [-0.05, 0) is 96.6 Å². The largest absolute Gasteiger partial charge is 0.310 e. The molecule has 9 aromatic carbocycles. The predicted molar refractivity (Wildman–Crippen MR) is 226 cm³/mol. The summed E-state index contributed by atoms with van der Waals surface area (Å²) in [6, 6.07) is 66.0. The summed E-state index contributed by atoms with van der Waals surface area (Å²) in [6.07, 6.45) is 0. The third kappa shape index (κ3) is 3.59. The normalized spacial score (nSPS) is 12.9. The van der Waals surface area contributed by atoms with Gasteiger partial charge in [0.2, 0.25) is 0 Å². The summed E-state index contributed by atoms with van der Waals surface area (Å²) in [4.78, 5) is 0. The molecule has 13 rings (SSSR count). The fourth-order valence-corrected chi connectivity index (χ4v) is 9.94. The van der Waals surface area contributed by atoms with Gasteiger partial charge in [-0.2, -0.15) is 0 Å². The number of fused-ring (bicyclic) bond motifs is 12. The molecule has 0 saturated heterocycles. The third-order valence-corrected chi connectivity index (χ3v) is 12.2. The molecule has 2 aliphatic rings. The van der Waals surface area contributed by atoms with Crippen LogP contribution in [0.2, 0.25) is 0 Å². The highest BCUT2D eigenvalue weighted by molar-refractivity contribution is 7.00. The lowest BCUT2D eigenvalue weighted by atomic mass is 9.34. The van der Waals surface area contributed by atoms with Crippen molar-refractivity contribution < 1.29 is 0 Å². The van der Waals surface area contributed by atoms with Crippen LogP contribution >= 0.6 is 0 Å². The molecule has 3 heteroatoms. The summed E-state index contributed by atoms with van der Waals surface area (Å²) in [5.41, 5.74) is 16.8. The first-order chi connectivity index (χ1) is 26.3. The van der Waals surface area contributed by atoms with Crippen molar-refractivity contribution in [3.05, 3.63) is 176 Å². The van der Waals surface area contributed by atoms with Crippen molar-refractivity contribution in [2.45, 2.75) is 0 Å². The number of hydrogen-bond acceptors (Lipinski definition) is 0. The Bertz CT molecular complexity index is 3200. The lowest BCUT2D eigenvalue weighted by Gasteiger charge is -2.34. The molecule has 0 unspecified atom stereocenters. The van der Waals surface area contributed by atoms with Gasteiger partial charge >= 0.3 is 0 Å². The maximum absolute atomic E-state index is 2.59. The molecule has 0 saturated carbocycles. The highest BCUT2D eigenvalue weighted by Gasteiger charge is 2.41. The molecule has 0 radical (unpaired) electrons. The SMILES string of the molecule is c1ccc(-c2ccc(-c3cc4c5c(c3)-n3c6cc7ccccc7cc6c6cccc(c63)B5c3cccc5c6cc7ccccc7cc6n-4c35)cc2)cc1. The van der Waals surface area contributed by atoms with Gasteiger partial charge in [-0.15, -0.1) is 0 Å². The standard InChI is InChI=1S/C50H29BN2/c1-2-10-30(11-3-1)31-20-22-32(23-21-31)37-28-46-48-47(29-37)53-45-27-36-15-7-5-13-34(36)25-41(45)39-17-9-19-43(50(39)53)51(48)42-18-8-16-38-40-24-33-12-4-6-14-35(33)26-44(40)52(46)49(38)42/h1-29H. The van der Waals surface area contributed by atoms with Crippen molar-refractivity contribution in [3.8, 4) is 33.6 Å². The Morgan fingerprint density at radius 2 is 0.755 bits per heavy atom. The molecule has 2 aromatic heterocycles. The second kappa shape index (κ2) is 9.94. The number of nitrogens with zero attached hydrogens (tertiary/aromatic N) is 2. The Morgan fingerprint density at radius 1 is 0.321 bits per heavy atom. The van der Waals surface area contributed by atoms with E-state index < -0.39 is 0 Å². The van der Waals surface area contributed by atoms with Crippen molar-refractivity contribution in [1.29, 1.82) is 0 Å². The maximum atomic E-state index is 2.59. The van der Waals surface area contributed by atoms with E-state index in [0.717, 1.165) is 0 Å². The van der Waals surface area contributed by atoms with Crippen LogP contribution in [0.15, 0.2) is 176 Å². The van der Waals surface area contributed by atoms with Gasteiger partial charge < -0.3 is 9.13 Å². The summed E-state index contributed by atoms with van der Waals surface area (Å²) in [5, 5.41) is 10.3. The predicted octanol–water partition coefficient (Wildman–Crippen LogP) is 10.7. The van der Waals surface area contributed by atoms with Gasteiger partial charge in [-0.1, -0.05) is 140 Å². The summed E-state index contributed by atoms with van der Waals surface area (Å²) in [6.45, 7) is 0.111. The molecule has 0 aliphatic carbocycles. The van der Waals surface area contributed by atoms with Gasteiger partial charge in [0.25, 0.3) is 6.71 Å². The van der Waals surface area contributed by atoms with Gasteiger partial charge in [0.1, 0.15) is 0 Å². The highest BCUT2D eigenvalue weighted by atomic mass is 15.0. The van der Waals surface area contributed by atoms with Crippen LogP contribution in [-0.2, 0) is 0 Å². The first kappa shape index (κ1) is 27.8. The van der Waals surface area contributed by atoms with Crippen LogP contribution in [0.4, 0.5) is 0 Å². The molecule has 2 aliphatic heterocycles. The summed E-state index contributed by atoms with van der Waals surface area (Å²) >= 11 is 0. The van der Waals surface area contributed by atoms with Gasteiger partial charge in [-0.3, -0.25) is 0 Å². The maximum Gasteiger partial charge on any atom is 0.252 e. The van der Waals surface area contributed by atoms with Crippen molar-refractivity contribution in [3.63, 3.8) is 0 Å². The zero-order chi connectivity index (χ0) is 34.4. The fraction of sp³-hybridized carbons (Fsp3) is 0. The van der Waals surface area contributed by atoms with Crippen LogP contribution in [-0.4, -0.2) is 15.8 Å². The van der Waals surface area contributed by atoms with Crippen LogP contribution in [0.5, 0.6) is 0 Å². The zero-order valence-corrected chi connectivity index (χ0v) is 28.7. The molecule has 4 heterocycles. The summed E-state index contributed by atoms with van der Waals surface area (Å²) in [5.74, 6) is 0. The third-order valence-electron chi connectivity index (χ3n) is 12.2. The number of hydrogen-bond donors (Lipinski definition) is 0. The van der Waals surface area contributed by atoms with E-state index >= 15 is 0 Å². The summed E-state index contributed by atoms with van der Waals surface area (Å²) in [7, 11) is 0. The van der Waals surface area contributed by atoms with E-state index in [-0.39, 0.29) is 6.71 Å². The van der Waals surface area contributed by atoms with E-state index in [1.807, 2.05) is 0 Å². The Balaban J connectivity index is 1.19. The molecule has 0 amide bonds. The first-order valence-corrected chi connectivity index (χ1v) is 18.5. The molecule has 53 heavy (non-hydrogen) atoms. The fourth-order valence-electron chi connectivity index (χ4n) is 9.94. The minimum atomic E-state index is 0.111. The van der Waals surface area contributed by atoms with Crippen LogP contribution in [0.25, 0.3) is 98.8 Å². The van der Waals surface area contributed by atoms with Crippen LogP contribution in [0.3, 0.4) is 0 Å². The van der Waals surface area contributed by atoms with E-state index in [1.165, 1.54) is 115 Å². The van der Waals surface area contributed by atoms with Gasteiger partial charge in [0.05, 0.1) is 11.0 Å². The van der Waals surface area contributed by atoms with Gasteiger partial charge in [0, 0.05) is 44.0 Å². The van der Waals surface area contributed by atoms with Gasteiger partial charge in [-0.25, -0.2) is 0 Å². The van der Waals surface area contributed by atoms with Crippen LogP contribution < -0.4 is 16.4 Å².